The van der Waals surface area contributed by atoms with E-state index < -0.39 is 0 Å². The zero-order valence-corrected chi connectivity index (χ0v) is 13.9. The molecule has 2 nitrogen and oxygen atoms in total. The smallest absolute Gasteiger partial charge is 0.139 e. The van der Waals surface area contributed by atoms with E-state index >= 15 is 0 Å². The second-order valence-corrected chi connectivity index (χ2v) is 8.73. The van der Waals surface area contributed by atoms with Gasteiger partial charge in [0.1, 0.15) is 5.78 Å². The van der Waals surface area contributed by atoms with Gasteiger partial charge >= 0.3 is 0 Å². The Kier molecular flexibility index (Phi) is 3.05. The molecular weight excluding hydrogens is 272 g/mol. The largest absolute Gasteiger partial charge is 0.393 e. The van der Waals surface area contributed by atoms with E-state index in [0.717, 1.165) is 38.5 Å². The predicted molar refractivity (Wildman–Crippen MR) is 87.2 cm³/mol. The first-order valence-electron chi connectivity index (χ1n) is 8.96. The van der Waals surface area contributed by atoms with E-state index in [1.54, 1.807) is 0 Å². The number of rotatable bonds is 0. The summed E-state index contributed by atoms with van der Waals surface area (Å²) in [4.78, 5) is 12.4. The second kappa shape index (κ2) is 4.56. The lowest BCUT2D eigenvalue weighted by Gasteiger charge is -2.58. The Morgan fingerprint density at radius 3 is 2.73 bits per heavy atom. The number of allylic oxidation sites excluding steroid dienone is 3. The van der Waals surface area contributed by atoms with Gasteiger partial charge in [0, 0.05) is 11.8 Å². The summed E-state index contributed by atoms with van der Waals surface area (Å²) in [5, 5.41) is 11.0. The fraction of sp³-hybridized carbons (Fsp3) is 0.750. The summed E-state index contributed by atoms with van der Waals surface area (Å²) in [7, 11) is 0. The maximum atomic E-state index is 12.4. The summed E-state index contributed by atoms with van der Waals surface area (Å²) in [5.41, 5.74) is 2.63. The van der Waals surface area contributed by atoms with Crippen LogP contribution in [0.2, 0.25) is 0 Å². The van der Waals surface area contributed by atoms with Crippen LogP contribution in [0, 0.1) is 28.6 Å². The minimum absolute atomic E-state index is 0.122. The monoisotopic (exact) mass is 300 g/mol. The lowest BCUT2D eigenvalue weighted by atomic mass is 9.46. The fourth-order valence-corrected chi connectivity index (χ4v) is 6.55. The Bertz CT molecular complexity index is 574. The van der Waals surface area contributed by atoms with Crippen molar-refractivity contribution in [2.75, 3.05) is 0 Å². The Hall–Kier alpha value is -0.890. The minimum atomic E-state index is -0.326. The highest BCUT2D eigenvalue weighted by molar-refractivity contribution is 5.87. The van der Waals surface area contributed by atoms with Crippen LogP contribution in [0.4, 0.5) is 0 Å². The number of ketones is 1. The topological polar surface area (TPSA) is 37.3 Å². The maximum Gasteiger partial charge on any atom is 0.139 e. The number of aliphatic hydroxyl groups excluding tert-OH is 1. The van der Waals surface area contributed by atoms with Gasteiger partial charge < -0.3 is 5.11 Å². The maximum absolute atomic E-state index is 12.4. The van der Waals surface area contributed by atoms with Gasteiger partial charge in [0.15, 0.2) is 0 Å². The van der Waals surface area contributed by atoms with Crippen LogP contribution in [0.3, 0.4) is 0 Å². The zero-order chi connectivity index (χ0) is 15.7. The van der Waals surface area contributed by atoms with E-state index in [-0.39, 0.29) is 16.9 Å². The van der Waals surface area contributed by atoms with Gasteiger partial charge in [0.05, 0.1) is 6.10 Å². The molecule has 0 heterocycles. The van der Waals surface area contributed by atoms with Crippen molar-refractivity contribution in [3.8, 4) is 0 Å². The summed E-state index contributed by atoms with van der Waals surface area (Å²) < 4.78 is 0. The molecule has 0 saturated heterocycles. The van der Waals surface area contributed by atoms with Crippen LogP contribution in [0.15, 0.2) is 23.8 Å². The number of hydrogen-bond acceptors (Lipinski definition) is 2. The molecule has 0 bridgehead atoms. The van der Waals surface area contributed by atoms with Gasteiger partial charge in [-0.1, -0.05) is 37.6 Å². The van der Waals surface area contributed by atoms with Crippen molar-refractivity contribution in [3.05, 3.63) is 23.8 Å². The first kappa shape index (κ1) is 14.7. The zero-order valence-electron chi connectivity index (χ0n) is 13.9. The SMILES string of the molecule is C=C1C=C2CCC3C4CCC(=O)C4(C)CC(O)C3C2(C)CC1. The Morgan fingerprint density at radius 1 is 1.18 bits per heavy atom. The van der Waals surface area contributed by atoms with Gasteiger partial charge in [-0.25, -0.2) is 0 Å². The molecular formula is C20H28O2. The molecule has 1 N–H and O–H groups in total. The molecule has 0 radical (unpaired) electrons. The lowest BCUT2D eigenvalue weighted by Crippen LogP contribution is -2.56. The van der Waals surface area contributed by atoms with Crippen molar-refractivity contribution in [2.45, 2.75) is 64.9 Å². The van der Waals surface area contributed by atoms with Gasteiger partial charge in [0.25, 0.3) is 0 Å². The van der Waals surface area contributed by atoms with Crippen LogP contribution in [0.5, 0.6) is 0 Å². The molecule has 0 amide bonds. The number of carbonyl (C=O) groups is 1. The normalized spacial score (nSPS) is 51.0. The van der Waals surface area contributed by atoms with Gasteiger partial charge in [0.2, 0.25) is 0 Å². The third-order valence-electron chi connectivity index (χ3n) is 7.72. The van der Waals surface area contributed by atoms with E-state index in [1.807, 2.05) is 0 Å². The second-order valence-electron chi connectivity index (χ2n) is 8.73. The highest BCUT2D eigenvalue weighted by atomic mass is 16.3. The quantitative estimate of drug-likeness (QED) is 0.733. The number of Topliss-reactive ketones (excluding diaryl/α,β-unsaturated/α-hetero) is 1. The van der Waals surface area contributed by atoms with Crippen molar-refractivity contribution in [3.63, 3.8) is 0 Å². The van der Waals surface area contributed by atoms with E-state index in [9.17, 15) is 9.90 Å². The molecule has 2 heteroatoms. The Balaban J connectivity index is 1.75. The molecule has 6 unspecified atom stereocenters. The number of carbonyl (C=O) groups excluding carboxylic acids is 1. The van der Waals surface area contributed by atoms with E-state index in [4.69, 9.17) is 0 Å². The Labute approximate surface area is 133 Å². The third-order valence-corrected chi connectivity index (χ3v) is 7.72. The van der Waals surface area contributed by atoms with Crippen LogP contribution >= 0.6 is 0 Å². The summed E-state index contributed by atoms with van der Waals surface area (Å²) in [5.74, 6) is 1.76. The van der Waals surface area contributed by atoms with Crippen LogP contribution in [0.25, 0.3) is 0 Å². The lowest BCUT2D eigenvalue weighted by molar-refractivity contribution is -0.146. The molecule has 6 atom stereocenters. The molecule has 0 aromatic heterocycles. The van der Waals surface area contributed by atoms with Crippen molar-refractivity contribution in [1.82, 2.24) is 0 Å². The molecule has 0 aliphatic heterocycles. The molecule has 4 aliphatic rings. The van der Waals surface area contributed by atoms with Crippen molar-refractivity contribution >= 4 is 5.78 Å². The predicted octanol–water partition coefficient (Wildman–Crippen LogP) is 4.05. The average molecular weight is 300 g/mol. The molecule has 3 fully saturated rings. The highest BCUT2D eigenvalue weighted by Gasteiger charge is 2.61. The first-order valence-corrected chi connectivity index (χ1v) is 8.96. The van der Waals surface area contributed by atoms with Crippen molar-refractivity contribution in [2.24, 2.45) is 28.6 Å². The van der Waals surface area contributed by atoms with E-state index in [1.165, 1.54) is 11.1 Å². The summed E-state index contributed by atoms with van der Waals surface area (Å²) in [6.07, 6.45) is 8.88. The van der Waals surface area contributed by atoms with Crippen molar-refractivity contribution < 1.29 is 9.90 Å². The fourth-order valence-electron chi connectivity index (χ4n) is 6.55. The number of hydrogen-bond donors (Lipinski definition) is 1. The summed E-state index contributed by atoms with van der Waals surface area (Å²) >= 11 is 0. The van der Waals surface area contributed by atoms with Crippen LogP contribution in [-0.4, -0.2) is 17.0 Å². The first-order chi connectivity index (χ1) is 10.4. The van der Waals surface area contributed by atoms with E-state index in [0.29, 0.717) is 30.0 Å². The Morgan fingerprint density at radius 2 is 1.95 bits per heavy atom. The van der Waals surface area contributed by atoms with E-state index in [2.05, 4.69) is 26.5 Å². The molecule has 0 spiro atoms. The molecule has 120 valence electrons. The van der Waals surface area contributed by atoms with Gasteiger partial charge in [-0.15, -0.1) is 0 Å². The molecule has 4 rings (SSSR count). The molecule has 0 aromatic rings. The average Bonchev–Trinajstić information content (AvgIpc) is 2.75. The molecule has 3 saturated carbocycles. The van der Waals surface area contributed by atoms with Crippen molar-refractivity contribution in [1.29, 1.82) is 0 Å². The highest BCUT2D eigenvalue weighted by Crippen LogP contribution is 2.64. The third kappa shape index (κ3) is 1.73. The summed E-state index contributed by atoms with van der Waals surface area (Å²) in [6.45, 7) is 8.64. The minimum Gasteiger partial charge on any atom is -0.393 e. The summed E-state index contributed by atoms with van der Waals surface area (Å²) in [6, 6.07) is 0. The number of fused-ring (bicyclic) bond motifs is 5. The van der Waals surface area contributed by atoms with Gasteiger partial charge in [-0.2, -0.15) is 0 Å². The van der Waals surface area contributed by atoms with Crippen LogP contribution < -0.4 is 0 Å². The number of aliphatic hydroxyl groups is 1. The molecule has 22 heavy (non-hydrogen) atoms. The van der Waals surface area contributed by atoms with Crippen LogP contribution in [-0.2, 0) is 4.79 Å². The molecule has 0 aromatic carbocycles. The van der Waals surface area contributed by atoms with Gasteiger partial charge in [-0.3, -0.25) is 4.79 Å². The van der Waals surface area contributed by atoms with Crippen LogP contribution in [0.1, 0.15) is 58.8 Å². The standard InChI is InChI=1S/C20H28O2/c1-12-8-9-19(2)13(10-12)4-5-14-15-6-7-17(22)20(15,3)11-16(21)18(14)19/h10,14-16,18,21H,1,4-9,11H2,2-3H3. The van der Waals surface area contributed by atoms with Gasteiger partial charge in [-0.05, 0) is 61.7 Å². The molecule has 4 aliphatic carbocycles.